The molecule has 1 aromatic rings. The monoisotopic (exact) mass is 248 g/mol. The molecule has 2 rings (SSSR count). The summed E-state index contributed by atoms with van der Waals surface area (Å²) in [6.45, 7) is 0.192. The molecule has 100 valence electrons. The fourth-order valence-corrected chi connectivity index (χ4v) is 2.69. The minimum absolute atomic E-state index is 0.159. The SMILES string of the molecule is NC1CCC(N[C@H](CO)Cc2ccccc2)CC1. The van der Waals surface area contributed by atoms with Crippen LogP contribution in [0.3, 0.4) is 0 Å². The maximum absolute atomic E-state index is 9.48. The summed E-state index contributed by atoms with van der Waals surface area (Å²) in [6, 6.07) is 11.4. The molecule has 0 unspecified atom stereocenters. The van der Waals surface area contributed by atoms with Crippen molar-refractivity contribution >= 4 is 0 Å². The van der Waals surface area contributed by atoms with E-state index in [4.69, 9.17) is 5.73 Å². The van der Waals surface area contributed by atoms with Crippen LogP contribution >= 0.6 is 0 Å². The first-order valence-corrected chi connectivity index (χ1v) is 6.94. The Hall–Kier alpha value is -0.900. The van der Waals surface area contributed by atoms with E-state index in [2.05, 4.69) is 17.4 Å². The first-order chi connectivity index (χ1) is 8.78. The molecule has 1 aliphatic carbocycles. The van der Waals surface area contributed by atoms with Gasteiger partial charge in [0.15, 0.2) is 0 Å². The Morgan fingerprint density at radius 1 is 1.17 bits per heavy atom. The average molecular weight is 248 g/mol. The molecule has 0 aliphatic heterocycles. The zero-order valence-electron chi connectivity index (χ0n) is 10.9. The van der Waals surface area contributed by atoms with Crippen LogP contribution in [0.4, 0.5) is 0 Å². The highest BCUT2D eigenvalue weighted by atomic mass is 16.3. The molecule has 18 heavy (non-hydrogen) atoms. The van der Waals surface area contributed by atoms with Gasteiger partial charge in [-0.1, -0.05) is 30.3 Å². The van der Waals surface area contributed by atoms with E-state index in [-0.39, 0.29) is 12.6 Å². The topological polar surface area (TPSA) is 58.3 Å². The van der Waals surface area contributed by atoms with Gasteiger partial charge in [-0.05, 0) is 37.7 Å². The van der Waals surface area contributed by atoms with Crippen LogP contribution in [0.25, 0.3) is 0 Å². The van der Waals surface area contributed by atoms with Crippen LogP contribution in [0.2, 0.25) is 0 Å². The molecule has 3 nitrogen and oxygen atoms in total. The number of aliphatic hydroxyl groups is 1. The predicted octanol–water partition coefficient (Wildman–Crippen LogP) is 1.45. The molecule has 1 aliphatic rings. The number of hydrogen-bond donors (Lipinski definition) is 3. The third-order valence-electron chi connectivity index (χ3n) is 3.79. The van der Waals surface area contributed by atoms with Crippen molar-refractivity contribution in [3.8, 4) is 0 Å². The summed E-state index contributed by atoms with van der Waals surface area (Å²) in [6.07, 6.45) is 5.35. The van der Waals surface area contributed by atoms with Gasteiger partial charge in [-0.2, -0.15) is 0 Å². The lowest BCUT2D eigenvalue weighted by Gasteiger charge is -2.30. The Bertz CT molecular complexity index is 334. The van der Waals surface area contributed by atoms with Crippen molar-refractivity contribution in [1.82, 2.24) is 5.32 Å². The number of benzene rings is 1. The second-order valence-corrected chi connectivity index (χ2v) is 5.35. The molecule has 4 N–H and O–H groups in total. The van der Waals surface area contributed by atoms with Crippen LogP contribution in [0.1, 0.15) is 31.2 Å². The van der Waals surface area contributed by atoms with Gasteiger partial charge in [0, 0.05) is 18.1 Å². The third kappa shape index (κ3) is 4.09. The molecular formula is C15H24N2O. The normalized spacial score (nSPS) is 25.9. The molecule has 0 saturated heterocycles. The molecular weight excluding hydrogens is 224 g/mol. The Morgan fingerprint density at radius 3 is 2.44 bits per heavy atom. The number of rotatable bonds is 5. The lowest BCUT2D eigenvalue weighted by Crippen LogP contribution is -2.45. The van der Waals surface area contributed by atoms with Gasteiger partial charge >= 0.3 is 0 Å². The summed E-state index contributed by atoms with van der Waals surface area (Å²) in [7, 11) is 0. The van der Waals surface area contributed by atoms with E-state index in [0.717, 1.165) is 32.1 Å². The van der Waals surface area contributed by atoms with Gasteiger partial charge in [-0.15, -0.1) is 0 Å². The fourth-order valence-electron chi connectivity index (χ4n) is 2.69. The second kappa shape index (κ2) is 6.88. The van der Waals surface area contributed by atoms with Gasteiger partial charge in [-0.3, -0.25) is 0 Å². The van der Waals surface area contributed by atoms with Crippen molar-refractivity contribution in [3.63, 3.8) is 0 Å². The molecule has 1 atom stereocenters. The van der Waals surface area contributed by atoms with E-state index >= 15 is 0 Å². The van der Waals surface area contributed by atoms with Crippen LogP contribution < -0.4 is 11.1 Å². The average Bonchev–Trinajstić information content (AvgIpc) is 2.41. The van der Waals surface area contributed by atoms with Crippen molar-refractivity contribution in [2.75, 3.05) is 6.61 Å². The van der Waals surface area contributed by atoms with E-state index in [1.807, 2.05) is 18.2 Å². The quantitative estimate of drug-likeness (QED) is 0.739. The Labute approximate surface area is 109 Å². The van der Waals surface area contributed by atoms with E-state index in [1.54, 1.807) is 0 Å². The molecule has 3 heteroatoms. The van der Waals surface area contributed by atoms with Crippen molar-refractivity contribution < 1.29 is 5.11 Å². The molecule has 0 radical (unpaired) electrons. The Kier molecular flexibility index (Phi) is 5.17. The second-order valence-electron chi connectivity index (χ2n) is 5.35. The molecule has 0 spiro atoms. The molecule has 1 aromatic carbocycles. The summed E-state index contributed by atoms with van der Waals surface area (Å²) in [5.41, 5.74) is 7.18. The Morgan fingerprint density at radius 2 is 1.83 bits per heavy atom. The maximum atomic E-state index is 9.48. The zero-order valence-corrected chi connectivity index (χ0v) is 10.9. The maximum Gasteiger partial charge on any atom is 0.0587 e. The standard InChI is InChI=1S/C15H24N2O/c16-13-6-8-14(9-7-13)17-15(11-18)10-12-4-2-1-3-5-12/h1-5,13-15,17-18H,6-11,16H2/t13?,14?,15-/m0/s1. The highest BCUT2D eigenvalue weighted by molar-refractivity contribution is 5.16. The van der Waals surface area contributed by atoms with Crippen molar-refractivity contribution in [2.45, 2.75) is 50.2 Å². The molecule has 0 bridgehead atoms. The minimum atomic E-state index is 0.159. The van der Waals surface area contributed by atoms with Gasteiger partial charge < -0.3 is 16.2 Å². The molecule has 1 saturated carbocycles. The minimum Gasteiger partial charge on any atom is -0.395 e. The van der Waals surface area contributed by atoms with Gasteiger partial charge in [-0.25, -0.2) is 0 Å². The van der Waals surface area contributed by atoms with Crippen molar-refractivity contribution in [2.24, 2.45) is 5.73 Å². The molecule has 0 amide bonds. The summed E-state index contributed by atoms with van der Waals surface area (Å²) in [5, 5.41) is 13.1. The number of nitrogens with two attached hydrogens (primary N) is 1. The predicted molar refractivity (Wildman–Crippen MR) is 74.4 cm³/mol. The number of hydrogen-bond acceptors (Lipinski definition) is 3. The highest BCUT2D eigenvalue weighted by Crippen LogP contribution is 2.18. The highest BCUT2D eigenvalue weighted by Gasteiger charge is 2.20. The van der Waals surface area contributed by atoms with Crippen LogP contribution in [-0.4, -0.2) is 29.8 Å². The zero-order chi connectivity index (χ0) is 12.8. The lowest BCUT2D eigenvalue weighted by molar-refractivity contribution is 0.214. The summed E-state index contributed by atoms with van der Waals surface area (Å²) < 4.78 is 0. The van der Waals surface area contributed by atoms with Crippen LogP contribution in [0.15, 0.2) is 30.3 Å². The molecule has 1 fully saturated rings. The molecule has 0 heterocycles. The van der Waals surface area contributed by atoms with E-state index in [1.165, 1.54) is 5.56 Å². The largest absolute Gasteiger partial charge is 0.395 e. The van der Waals surface area contributed by atoms with E-state index in [9.17, 15) is 5.11 Å². The van der Waals surface area contributed by atoms with Crippen LogP contribution in [0.5, 0.6) is 0 Å². The van der Waals surface area contributed by atoms with Crippen LogP contribution in [0, 0.1) is 0 Å². The lowest BCUT2D eigenvalue weighted by atomic mass is 9.91. The Balaban J connectivity index is 1.82. The van der Waals surface area contributed by atoms with Gasteiger partial charge in [0.25, 0.3) is 0 Å². The fraction of sp³-hybridized carbons (Fsp3) is 0.600. The van der Waals surface area contributed by atoms with Crippen molar-refractivity contribution in [3.05, 3.63) is 35.9 Å². The van der Waals surface area contributed by atoms with Gasteiger partial charge in [0.1, 0.15) is 0 Å². The summed E-state index contributed by atoms with van der Waals surface area (Å²) >= 11 is 0. The third-order valence-corrected chi connectivity index (χ3v) is 3.79. The van der Waals surface area contributed by atoms with E-state index in [0.29, 0.717) is 12.1 Å². The van der Waals surface area contributed by atoms with Crippen LogP contribution in [-0.2, 0) is 6.42 Å². The summed E-state index contributed by atoms with van der Waals surface area (Å²) in [5.74, 6) is 0. The number of nitrogens with one attached hydrogen (secondary N) is 1. The first-order valence-electron chi connectivity index (χ1n) is 6.94. The van der Waals surface area contributed by atoms with Crippen molar-refractivity contribution in [1.29, 1.82) is 0 Å². The molecule has 0 aromatic heterocycles. The summed E-state index contributed by atoms with van der Waals surface area (Å²) in [4.78, 5) is 0. The first kappa shape index (κ1) is 13.5. The number of aliphatic hydroxyl groups excluding tert-OH is 1. The smallest absolute Gasteiger partial charge is 0.0587 e. The van der Waals surface area contributed by atoms with E-state index < -0.39 is 0 Å². The van der Waals surface area contributed by atoms with Gasteiger partial charge in [0.2, 0.25) is 0 Å². The van der Waals surface area contributed by atoms with Gasteiger partial charge in [0.05, 0.1) is 6.61 Å².